The SMILES string of the molecule is C=CCCC(=S)Cl. The first-order valence-corrected chi connectivity index (χ1v) is 2.85. The zero-order valence-electron chi connectivity index (χ0n) is 3.98. The van der Waals surface area contributed by atoms with Crippen molar-refractivity contribution < 1.29 is 0 Å². The minimum atomic E-state index is 0.542. The van der Waals surface area contributed by atoms with Gasteiger partial charge in [-0.05, 0) is 12.8 Å². The van der Waals surface area contributed by atoms with E-state index in [1.54, 1.807) is 6.08 Å². The lowest BCUT2D eigenvalue weighted by molar-refractivity contribution is 1.13. The molecule has 0 aromatic heterocycles. The summed E-state index contributed by atoms with van der Waals surface area (Å²) in [5.41, 5.74) is 0. The van der Waals surface area contributed by atoms with Crippen LogP contribution in [-0.4, -0.2) is 4.32 Å². The molecular weight excluding hydrogens is 128 g/mol. The summed E-state index contributed by atoms with van der Waals surface area (Å²) in [6.45, 7) is 3.51. The van der Waals surface area contributed by atoms with Gasteiger partial charge in [0.1, 0.15) is 0 Å². The van der Waals surface area contributed by atoms with Crippen LogP contribution >= 0.6 is 23.8 Å². The standard InChI is InChI=1S/C5H7ClS/c1-2-3-4-5(6)7/h2H,1,3-4H2. The van der Waals surface area contributed by atoms with Crippen LogP contribution < -0.4 is 0 Å². The highest BCUT2D eigenvalue weighted by atomic mass is 35.5. The Morgan fingerprint density at radius 2 is 2.43 bits per heavy atom. The number of hydrogen-bond acceptors (Lipinski definition) is 1. The predicted octanol–water partition coefficient (Wildman–Crippen LogP) is 2.52. The molecule has 0 saturated carbocycles. The largest absolute Gasteiger partial charge is 0.103 e. The van der Waals surface area contributed by atoms with Crippen molar-refractivity contribution in [3.8, 4) is 0 Å². The third kappa shape index (κ3) is 6.12. The molecule has 0 nitrogen and oxygen atoms in total. The summed E-state index contributed by atoms with van der Waals surface area (Å²) in [6.07, 6.45) is 3.47. The average molecular weight is 135 g/mol. The van der Waals surface area contributed by atoms with E-state index in [1.807, 2.05) is 0 Å². The Labute approximate surface area is 54.2 Å². The van der Waals surface area contributed by atoms with Crippen LogP contribution in [0.1, 0.15) is 12.8 Å². The van der Waals surface area contributed by atoms with Crippen molar-refractivity contribution >= 4 is 28.1 Å². The Hall–Kier alpha value is 0.120. The third-order valence-corrected chi connectivity index (χ3v) is 0.938. The van der Waals surface area contributed by atoms with Crippen molar-refractivity contribution in [2.45, 2.75) is 12.8 Å². The zero-order valence-corrected chi connectivity index (χ0v) is 5.56. The highest BCUT2D eigenvalue weighted by Gasteiger charge is 1.83. The van der Waals surface area contributed by atoms with Crippen LogP contribution in [0.15, 0.2) is 12.7 Å². The molecule has 0 radical (unpaired) electrons. The number of hydrogen-bond donors (Lipinski definition) is 0. The van der Waals surface area contributed by atoms with Gasteiger partial charge < -0.3 is 0 Å². The molecule has 0 aromatic carbocycles. The van der Waals surface area contributed by atoms with Crippen molar-refractivity contribution in [1.82, 2.24) is 0 Å². The smallest absolute Gasteiger partial charge is 0.0811 e. The van der Waals surface area contributed by atoms with Gasteiger partial charge in [-0.15, -0.1) is 6.58 Å². The van der Waals surface area contributed by atoms with Gasteiger partial charge >= 0.3 is 0 Å². The summed E-state index contributed by atoms with van der Waals surface area (Å²) >= 11 is 9.92. The van der Waals surface area contributed by atoms with E-state index in [2.05, 4.69) is 18.8 Å². The second-order valence-corrected chi connectivity index (χ2v) is 2.36. The molecule has 0 aliphatic carbocycles. The Morgan fingerprint density at radius 3 is 2.57 bits per heavy atom. The second kappa shape index (κ2) is 4.28. The Balaban J connectivity index is 2.97. The lowest BCUT2D eigenvalue weighted by atomic mass is 10.3. The van der Waals surface area contributed by atoms with E-state index in [0.717, 1.165) is 12.8 Å². The van der Waals surface area contributed by atoms with E-state index >= 15 is 0 Å². The Bertz CT molecular complexity index is 78.1. The third-order valence-electron chi connectivity index (χ3n) is 0.545. The van der Waals surface area contributed by atoms with Crippen molar-refractivity contribution in [3.05, 3.63) is 12.7 Å². The van der Waals surface area contributed by atoms with E-state index in [1.165, 1.54) is 0 Å². The molecular formula is C5H7ClS. The van der Waals surface area contributed by atoms with E-state index in [9.17, 15) is 0 Å². The highest BCUT2D eigenvalue weighted by molar-refractivity contribution is 7.83. The van der Waals surface area contributed by atoms with E-state index in [4.69, 9.17) is 11.6 Å². The van der Waals surface area contributed by atoms with Crippen LogP contribution in [0.4, 0.5) is 0 Å². The van der Waals surface area contributed by atoms with Crippen molar-refractivity contribution in [3.63, 3.8) is 0 Å². The Morgan fingerprint density at radius 1 is 1.86 bits per heavy atom. The molecule has 0 saturated heterocycles. The molecule has 0 N–H and O–H groups in total. The van der Waals surface area contributed by atoms with E-state index in [0.29, 0.717) is 4.32 Å². The molecule has 0 heterocycles. The quantitative estimate of drug-likeness (QED) is 0.325. The second-order valence-electron chi connectivity index (χ2n) is 1.18. The molecule has 2 heteroatoms. The van der Waals surface area contributed by atoms with Gasteiger partial charge in [-0.2, -0.15) is 0 Å². The number of rotatable bonds is 3. The van der Waals surface area contributed by atoms with E-state index < -0.39 is 0 Å². The van der Waals surface area contributed by atoms with Gasteiger partial charge in [0, 0.05) is 0 Å². The molecule has 0 spiro atoms. The van der Waals surface area contributed by atoms with Crippen LogP contribution in [0.5, 0.6) is 0 Å². The van der Waals surface area contributed by atoms with Gasteiger partial charge in [-0.25, -0.2) is 0 Å². The number of allylic oxidation sites excluding steroid dienone is 1. The fourth-order valence-electron chi connectivity index (χ4n) is 0.216. The van der Waals surface area contributed by atoms with E-state index in [-0.39, 0.29) is 0 Å². The molecule has 0 unspecified atom stereocenters. The van der Waals surface area contributed by atoms with Gasteiger partial charge in [0.05, 0.1) is 4.32 Å². The van der Waals surface area contributed by atoms with Gasteiger partial charge in [-0.3, -0.25) is 0 Å². The number of halogens is 1. The lowest BCUT2D eigenvalue weighted by Gasteiger charge is -1.83. The maximum atomic E-state index is 5.34. The maximum Gasteiger partial charge on any atom is 0.0811 e. The monoisotopic (exact) mass is 134 g/mol. The summed E-state index contributed by atoms with van der Waals surface area (Å²) in [4.78, 5) is 0. The minimum Gasteiger partial charge on any atom is -0.103 e. The fraction of sp³-hybridized carbons (Fsp3) is 0.400. The molecule has 0 aliphatic heterocycles. The molecule has 0 rings (SSSR count). The first-order valence-electron chi connectivity index (χ1n) is 2.06. The summed E-state index contributed by atoms with van der Waals surface area (Å²) < 4.78 is 0.542. The summed E-state index contributed by atoms with van der Waals surface area (Å²) in [6, 6.07) is 0. The number of thiocarbonyl (C=S) groups is 1. The van der Waals surface area contributed by atoms with Crippen LogP contribution in [0.3, 0.4) is 0 Å². The van der Waals surface area contributed by atoms with Crippen molar-refractivity contribution in [2.24, 2.45) is 0 Å². The first-order chi connectivity index (χ1) is 3.27. The predicted molar refractivity (Wildman–Crippen MR) is 37.9 cm³/mol. The summed E-state index contributed by atoms with van der Waals surface area (Å²) in [7, 11) is 0. The van der Waals surface area contributed by atoms with Gasteiger partial charge in [0.15, 0.2) is 0 Å². The fourth-order valence-corrected chi connectivity index (χ4v) is 0.443. The van der Waals surface area contributed by atoms with Crippen molar-refractivity contribution in [1.29, 1.82) is 0 Å². The van der Waals surface area contributed by atoms with Crippen LogP contribution in [0.2, 0.25) is 0 Å². The van der Waals surface area contributed by atoms with Gasteiger partial charge in [0.2, 0.25) is 0 Å². The first kappa shape index (κ1) is 7.12. The molecule has 40 valence electrons. The lowest BCUT2D eigenvalue weighted by Crippen LogP contribution is -1.76. The van der Waals surface area contributed by atoms with Crippen LogP contribution in [0, 0.1) is 0 Å². The highest BCUT2D eigenvalue weighted by Crippen LogP contribution is 1.96. The normalized spacial score (nSPS) is 8.14. The molecule has 7 heavy (non-hydrogen) atoms. The maximum absolute atomic E-state index is 5.34. The molecule has 0 atom stereocenters. The zero-order chi connectivity index (χ0) is 5.70. The van der Waals surface area contributed by atoms with Gasteiger partial charge in [0.25, 0.3) is 0 Å². The molecule has 0 aromatic rings. The summed E-state index contributed by atoms with van der Waals surface area (Å²) in [5, 5.41) is 0. The molecule has 0 bridgehead atoms. The average Bonchev–Trinajstić information content (AvgIpc) is 1.61. The topological polar surface area (TPSA) is 0 Å². The van der Waals surface area contributed by atoms with Gasteiger partial charge in [-0.1, -0.05) is 29.9 Å². The molecule has 0 fully saturated rings. The minimum absolute atomic E-state index is 0.542. The molecule has 0 aliphatic rings. The Kier molecular flexibility index (Phi) is 4.36. The van der Waals surface area contributed by atoms with Crippen molar-refractivity contribution in [2.75, 3.05) is 0 Å². The summed E-state index contributed by atoms with van der Waals surface area (Å²) in [5.74, 6) is 0. The van der Waals surface area contributed by atoms with Crippen LogP contribution in [0.25, 0.3) is 0 Å². The van der Waals surface area contributed by atoms with Crippen LogP contribution in [-0.2, 0) is 0 Å². The molecule has 0 amide bonds.